The van der Waals surface area contributed by atoms with E-state index in [0.717, 1.165) is 16.9 Å². The van der Waals surface area contributed by atoms with E-state index in [1.807, 2.05) is 48.5 Å². The third-order valence-corrected chi connectivity index (χ3v) is 4.65. The molecule has 2 aromatic carbocycles. The highest BCUT2D eigenvalue weighted by Gasteiger charge is 2.22. The van der Waals surface area contributed by atoms with E-state index in [1.165, 1.54) is 0 Å². The predicted octanol–water partition coefficient (Wildman–Crippen LogP) is 2.73. The number of nitrogens with one attached hydrogen (secondary N) is 2. The maximum absolute atomic E-state index is 12.4. The number of urea groups is 1. The molecule has 7 nitrogen and oxygen atoms in total. The molecule has 2 aromatic rings. The number of benzene rings is 2. The van der Waals surface area contributed by atoms with Gasteiger partial charge in [-0.25, -0.2) is 4.79 Å². The maximum atomic E-state index is 12.4. The summed E-state index contributed by atoms with van der Waals surface area (Å²) in [7, 11) is 1.63. The standard InChI is InChI=1S/C21H25N3O4/c1-15(25)24-11-12-28-18(14-24)13-22-21(26)23-20-6-4-3-5-19(20)16-7-9-17(27-2)10-8-16/h3-10,18H,11-14H2,1-2H3,(H2,22,23,26)/t18-/m0/s1. The van der Waals surface area contributed by atoms with Crippen molar-refractivity contribution in [1.29, 1.82) is 0 Å². The molecule has 1 fully saturated rings. The van der Waals surface area contributed by atoms with Gasteiger partial charge < -0.3 is 25.0 Å². The van der Waals surface area contributed by atoms with Gasteiger partial charge in [-0.05, 0) is 23.8 Å². The predicted molar refractivity (Wildman–Crippen MR) is 107 cm³/mol. The van der Waals surface area contributed by atoms with E-state index in [9.17, 15) is 9.59 Å². The lowest BCUT2D eigenvalue weighted by Gasteiger charge is -2.32. The van der Waals surface area contributed by atoms with Crippen molar-refractivity contribution in [2.24, 2.45) is 0 Å². The van der Waals surface area contributed by atoms with E-state index >= 15 is 0 Å². The summed E-state index contributed by atoms with van der Waals surface area (Å²) in [5, 5.41) is 5.72. The number of para-hydroxylation sites is 1. The van der Waals surface area contributed by atoms with Crippen LogP contribution in [0.15, 0.2) is 48.5 Å². The first kappa shape index (κ1) is 19.7. The van der Waals surface area contributed by atoms with Crippen LogP contribution in [0.4, 0.5) is 10.5 Å². The molecule has 3 rings (SSSR count). The van der Waals surface area contributed by atoms with Crippen molar-refractivity contribution in [3.05, 3.63) is 48.5 Å². The van der Waals surface area contributed by atoms with Gasteiger partial charge in [0, 0.05) is 32.1 Å². The maximum Gasteiger partial charge on any atom is 0.319 e. The van der Waals surface area contributed by atoms with Gasteiger partial charge in [-0.2, -0.15) is 0 Å². The van der Waals surface area contributed by atoms with Gasteiger partial charge in [0.25, 0.3) is 0 Å². The molecule has 28 heavy (non-hydrogen) atoms. The first-order valence-corrected chi connectivity index (χ1v) is 9.22. The molecule has 148 valence electrons. The highest BCUT2D eigenvalue weighted by atomic mass is 16.5. The highest BCUT2D eigenvalue weighted by Crippen LogP contribution is 2.29. The van der Waals surface area contributed by atoms with Crippen molar-refractivity contribution in [3.63, 3.8) is 0 Å². The number of carbonyl (C=O) groups excluding carboxylic acids is 2. The highest BCUT2D eigenvalue weighted by molar-refractivity contribution is 5.94. The Hall–Kier alpha value is -3.06. The molecule has 0 saturated carbocycles. The Morgan fingerprint density at radius 3 is 2.64 bits per heavy atom. The van der Waals surface area contributed by atoms with Crippen LogP contribution in [-0.2, 0) is 9.53 Å². The van der Waals surface area contributed by atoms with Crippen molar-refractivity contribution in [2.45, 2.75) is 13.0 Å². The number of ether oxygens (including phenoxy) is 2. The molecule has 1 atom stereocenters. The van der Waals surface area contributed by atoms with E-state index in [0.29, 0.717) is 31.9 Å². The second kappa shape index (κ2) is 9.23. The van der Waals surface area contributed by atoms with E-state index < -0.39 is 0 Å². The van der Waals surface area contributed by atoms with Gasteiger partial charge in [-0.1, -0.05) is 30.3 Å². The summed E-state index contributed by atoms with van der Waals surface area (Å²) < 4.78 is 10.8. The third kappa shape index (κ3) is 5.01. The minimum atomic E-state index is -0.315. The second-order valence-electron chi connectivity index (χ2n) is 6.57. The largest absolute Gasteiger partial charge is 0.497 e. The number of hydrogen-bond acceptors (Lipinski definition) is 4. The average Bonchev–Trinajstić information content (AvgIpc) is 2.73. The first-order chi connectivity index (χ1) is 13.6. The van der Waals surface area contributed by atoms with Crippen LogP contribution in [-0.4, -0.2) is 56.3 Å². The number of nitrogens with zero attached hydrogens (tertiary/aromatic N) is 1. The smallest absolute Gasteiger partial charge is 0.319 e. The van der Waals surface area contributed by atoms with Crippen molar-refractivity contribution in [3.8, 4) is 16.9 Å². The van der Waals surface area contributed by atoms with E-state index in [1.54, 1.807) is 18.9 Å². The molecule has 0 aliphatic carbocycles. The zero-order chi connectivity index (χ0) is 19.9. The van der Waals surface area contributed by atoms with Crippen molar-refractivity contribution < 1.29 is 19.1 Å². The number of rotatable bonds is 5. The Bertz CT molecular complexity index is 823. The summed E-state index contributed by atoms with van der Waals surface area (Å²) in [5.41, 5.74) is 2.60. The normalized spacial score (nSPS) is 16.4. The van der Waals surface area contributed by atoms with Gasteiger partial charge in [0.2, 0.25) is 5.91 Å². The van der Waals surface area contributed by atoms with Crippen LogP contribution in [0.2, 0.25) is 0 Å². The van der Waals surface area contributed by atoms with Crippen LogP contribution in [0.25, 0.3) is 11.1 Å². The topological polar surface area (TPSA) is 79.9 Å². The number of morpholine rings is 1. The molecule has 3 amide bonds. The molecule has 0 aromatic heterocycles. The van der Waals surface area contributed by atoms with Crippen molar-refractivity contribution >= 4 is 17.6 Å². The van der Waals surface area contributed by atoms with E-state index in [-0.39, 0.29) is 18.0 Å². The lowest BCUT2D eigenvalue weighted by atomic mass is 10.0. The zero-order valence-electron chi connectivity index (χ0n) is 16.1. The van der Waals surface area contributed by atoms with Crippen LogP contribution in [0.1, 0.15) is 6.92 Å². The van der Waals surface area contributed by atoms with Gasteiger partial charge in [-0.3, -0.25) is 4.79 Å². The summed E-state index contributed by atoms with van der Waals surface area (Å²) in [6.07, 6.45) is -0.208. The van der Waals surface area contributed by atoms with Gasteiger partial charge in [0.05, 0.1) is 25.5 Å². The summed E-state index contributed by atoms with van der Waals surface area (Å²) in [4.78, 5) is 25.6. The Morgan fingerprint density at radius 2 is 1.93 bits per heavy atom. The van der Waals surface area contributed by atoms with Gasteiger partial charge in [0.15, 0.2) is 0 Å². The Labute approximate surface area is 164 Å². The third-order valence-electron chi connectivity index (χ3n) is 4.65. The average molecular weight is 383 g/mol. The number of anilines is 1. The summed E-state index contributed by atoms with van der Waals surface area (Å²) in [5.74, 6) is 0.796. The Morgan fingerprint density at radius 1 is 1.18 bits per heavy atom. The van der Waals surface area contributed by atoms with Crippen LogP contribution in [0.3, 0.4) is 0 Å². The molecule has 1 aliphatic heterocycles. The Kier molecular flexibility index (Phi) is 6.49. The lowest BCUT2D eigenvalue weighted by Crippen LogP contribution is -2.49. The molecule has 1 saturated heterocycles. The molecule has 0 unspecified atom stereocenters. The van der Waals surface area contributed by atoms with E-state index in [4.69, 9.17) is 9.47 Å². The number of hydrogen-bond donors (Lipinski definition) is 2. The van der Waals surface area contributed by atoms with Crippen molar-refractivity contribution in [2.75, 3.05) is 38.7 Å². The SMILES string of the molecule is COc1ccc(-c2ccccc2NC(=O)NC[C@H]2CN(C(C)=O)CCO2)cc1. The number of amides is 3. The van der Waals surface area contributed by atoms with Crippen LogP contribution < -0.4 is 15.4 Å². The molecule has 1 aliphatic rings. The molecule has 0 bridgehead atoms. The minimum Gasteiger partial charge on any atom is -0.497 e. The fraction of sp³-hybridized carbons (Fsp3) is 0.333. The molecule has 2 N–H and O–H groups in total. The van der Waals surface area contributed by atoms with Crippen molar-refractivity contribution in [1.82, 2.24) is 10.2 Å². The first-order valence-electron chi connectivity index (χ1n) is 9.22. The monoisotopic (exact) mass is 383 g/mol. The Balaban J connectivity index is 1.60. The second-order valence-corrected chi connectivity index (χ2v) is 6.57. The molecular formula is C21H25N3O4. The zero-order valence-corrected chi connectivity index (χ0v) is 16.1. The fourth-order valence-electron chi connectivity index (χ4n) is 3.12. The van der Waals surface area contributed by atoms with Crippen LogP contribution in [0, 0.1) is 0 Å². The van der Waals surface area contributed by atoms with Crippen LogP contribution >= 0.6 is 0 Å². The summed E-state index contributed by atoms with van der Waals surface area (Å²) >= 11 is 0. The summed E-state index contributed by atoms with van der Waals surface area (Å²) in [6.45, 7) is 3.43. The molecule has 7 heteroatoms. The molecular weight excluding hydrogens is 358 g/mol. The van der Waals surface area contributed by atoms with Gasteiger partial charge in [0.1, 0.15) is 5.75 Å². The number of carbonyl (C=O) groups is 2. The fourth-order valence-corrected chi connectivity index (χ4v) is 3.12. The quantitative estimate of drug-likeness (QED) is 0.832. The van der Waals surface area contributed by atoms with E-state index in [2.05, 4.69) is 10.6 Å². The molecule has 0 radical (unpaired) electrons. The van der Waals surface area contributed by atoms with Gasteiger partial charge in [-0.15, -0.1) is 0 Å². The van der Waals surface area contributed by atoms with Crippen LogP contribution in [0.5, 0.6) is 5.75 Å². The summed E-state index contributed by atoms with van der Waals surface area (Å²) in [6, 6.07) is 14.9. The number of methoxy groups -OCH3 is 1. The molecule has 0 spiro atoms. The van der Waals surface area contributed by atoms with Gasteiger partial charge >= 0.3 is 6.03 Å². The lowest BCUT2D eigenvalue weighted by molar-refractivity contribution is -0.136. The minimum absolute atomic E-state index is 0.0196. The molecule has 1 heterocycles.